The Morgan fingerprint density at radius 1 is 1.25 bits per heavy atom. The molecule has 94 valence electrons. The van der Waals surface area contributed by atoms with Crippen LogP contribution >= 0.6 is 0 Å². The molecule has 0 aromatic carbocycles. The second kappa shape index (κ2) is 5.17. The number of nitrogens with one attached hydrogen (secondary N) is 1. The van der Waals surface area contributed by atoms with Crippen LogP contribution in [0.15, 0.2) is 0 Å². The van der Waals surface area contributed by atoms with E-state index >= 15 is 0 Å². The molecule has 0 radical (unpaired) electrons. The summed E-state index contributed by atoms with van der Waals surface area (Å²) in [5.74, 6) is 1.37. The second-order valence-electron chi connectivity index (χ2n) is 5.99. The van der Waals surface area contributed by atoms with Crippen molar-refractivity contribution >= 4 is 5.91 Å². The molecular weight excluding hydrogens is 200 g/mol. The summed E-state index contributed by atoms with van der Waals surface area (Å²) in [7, 11) is 0. The summed E-state index contributed by atoms with van der Waals surface area (Å²) < 4.78 is 0. The Kier molecular flexibility index (Phi) is 4.36. The maximum absolute atomic E-state index is 11.2. The van der Waals surface area contributed by atoms with Gasteiger partial charge in [0.05, 0.1) is 5.54 Å². The number of rotatable bonds is 4. The average Bonchev–Trinajstić information content (AvgIpc) is 2.17. The van der Waals surface area contributed by atoms with E-state index < -0.39 is 5.54 Å². The molecule has 1 aliphatic carbocycles. The van der Waals surface area contributed by atoms with Gasteiger partial charge in [0.2, 0.25) is 5.91 Å². The summed E-state index contributed by atoms with van der Waals surface area (Å²) in [5.41, 5.74) is 4.79. The van der Waals surface area contributed by atoms with Crippen LogP contribution in [-0.2, 0) is 4.79 Å². The van der Waals surface area contributed by atoms with E-state index in [0.717, 1.165) is 11.8 Å². The van der Waals surface area contributed by atoms with Gasteiger partial charge in [0.1, 0.15) is 0 Å². The van der Waals surface area contributed by atoms with Gasteiger partial charge in [-0.2, -0.15) is 0 Å². The first-order valence-electron chi connectivity index (χ1n) is 6.40. The Morgan fingerprint density at radius 3 is 2.12 bits per heavy atom. The standard InChI is InChI=1S/C13H26N2O/c1-9(2)10-5-7-11(8-6-10)15-13(3,4)12(14)16/h9-11,15H,5-8H2,1-4H3,(H2,14,16). The first-order chi connectivity index (χ1) is 7.33. The smallest absolute Gasteiger partial charge is 0.237 e. The molecule has 16 heavy (non-hydrogen) atoms. The van der Waals surface area contributed by atoms with E-state index in [9.17, 15) is 4.79 Å². The molecular formula is C13H26N2O. The lowest BCUT2D eigenvalue weighted by atomic mass is 9.79. The zero-order valence-corrected chi connectivity index (χ0v) is 11.0. The molecule has 1 saturated carbocycles. The van der Waals surface area contributed by atoms with E-state index in [4.69, 9.17) is 5.73 Å². The number of carbonyl (C=O) groups excluding carboxylic acids is 1. The van der Waals surface area contributed by atoms with Crippen LogP contribution < -0.4 is 11.1 Å². The number of hydrogen-bond acceptors (Lipinski definition) is 2. The molecule has 0 unspecified atom stereocenters. The maximum atomic E-state index is 11.2. The molecule has 0 aromatic rings. The topological polar surface area (TPSA) is 55.1 Å². The molecule has 1 amide bonds. The van der Waals surface area contributed by atoms with Crippen molar-refractivity contribution in [1.29, 1.82) is 0 Å². The fourth-order valence-electron chi connectivity index (χ4n) is 2.51. The Morgan fingerprint density at radius 2 is 1.75 bits per heavy atom. The molecule has 0 aromatic heterocycles. The van der Waals surface area contributed by atoms with E-state index in [0.29, 0.717) is 6.04 Å². The second-order valence-corrected chi connectivity index (χ2v) is 5.99. The molecule has 1 fully saturated rings. The molecule has 0 aliphatic heterocycles. The fourth-order valence-corrected chi connectivity index (χ4v) is 2.51. The van der Waals surface area contributed by atoms with Crippen LogP contribution in [0.25, 0.3) is 0 Å². The molecule has 3 nitrogen and oxygen atoms in total. The van der Waals surface area contributed by atoms with E-state index in [1.54, 1.807) is 0 Å². The van der Waals surface area contributed by atoms with Gasteiger partial charge in [0.15, 0.2) is 0 Å². The zero-order chi connectivity index (χ0) is 12.3. The Bertz CT molecular complexity index is 240. The Balaban J connectivity index is 2.40. The highest BCUT2D eigenvalue weighted by Gasteiger charge is 2.30. The molecule has 0 atom stereocenters. The van der Waals surface area contributed by atoms with Gasteiger partial charge in [-0.25, -0.2) is 0 Å². The number of amides is 1. The molecule has 0 spiro atoms. The van der Waals surface area contributed by atoms with E-state index in [1.165, 1.54) is 25.7 Å². The molecule has 1 rings (SSSR count). The van der Waals surface area contributed by atoms with Crippen LogP contribution in [0.1, 0.15) is 53.4 Å². The minimum Gasteiger partial charge on any atom is -0.368 e. The number of nitrogens with two attached hydrogens (primary N) is 1. The monoisotopic (exact) mass is 226 g/mol. The molecule has 1 aliphatic rings. The van der Waals surface area contributed by atoms with Gasteiger partial charge in [-0.3, -0.25) is 4.79 Å². The van der Waals surface area contributed by atoms with Gasteiger partial charge >= 0.3 is 0 Å². The summed E-state index contributed by atoms with van der Waals surface area (Å²) in [5, 5.41) is 3.38. The van der Waals surface area contributed by atoms with Crippen LogP contribution in [0.3, 0.4) is 0 Å². The van der Waals surface area contributed by atoms with Crippen molar-refractivity contribution < 1.29 is 4.79 Å². The Labute approximate surface area is 99.2 Å². The van der Waals surface area contributed by atoms with Crippen molar-refractivity contribution in [2.24, 2.45) is 17.6 Å². The minimum atomic E-state index is -0.574. The van der Waals surface area contributed by atoms with Gasteiger partial charge in [0.25, 0.3) is 0 Å². The van der Waals surface area contributed by atoms with Crippen molar-refractivity contribution in [3.63, 3.8) is 0 Å². The lowest BCUT2D eigenvalue weighted by molar-refractivity contribution is -0.123. The molecule has 3 heteroatoms. The third-order valence-electron chi connectivity index (χ3n) is 3.90. The number of hydrogen-bond donors (Lipinski definition) is 2. The number of carbonyl (C=O) groups is 1. The maximum Gasteiger partial charge on any atom is 0.237 e. The van der Waals surface area contributed by atoms with Gasteiger partial charge < -0.3 is 11.1 Å². The first kappa shape index (κ1) is 13.5. The van der Waals surface area contributed by atoms with Crippen molar-refractivity contribution in [2.75, 3.05) is 0 Å². The van der Waals surface area contributed by atoms with Gasteiger partial charge in [-0.15, -0.1) is 0 Å². The SMILES string of the molecule is CC(C)C1CCC(NC(C)(C)C(N)=O)CC1. The van der Waals surface area contributed by atoms with E-state index in [-0.39, 0.29) is 5.91 Å². The molecule has 3 N–H and O–H groups in total. The lowest BCUT2D eigenvalue weighted by Crippen LogP contribution is -2.55. The highest BCUT2D eigenvalue weighted by atomic mass is 16.1. The summed E-state index contributed by atoms with van der Waals surface area (Å²) in [6, 6.07) is 0.456. The van der Waals surface area contributed by atoms with Crippen molar-refractivity contribution in [2.45, 2.75) is 65.0 Å². The lowest BCUT2D eigenvalue weighted by Gasteiger charge is -2.35. The number of primary amides is 1. The van der Waals surface area contributed by atoms with Crippen molar-refractivity contribution in [1.82, 2.24) is 5.32 Å². The summed E-state index contributed by atoms with van der Waals surface area (Å²) in [6.07, 6.45) is 4.87. The molecule has 0 heterocycles. The summed E-state index contributed by atoms with van der Waals surface area (Å²) in [4.78, 5) is 11.2. The van der Waals surface area contributed by atoms with Gasteiger partial charge in [0, 0.05) is 6.04 Å². The zero-order valence-electron chi connectivity index (χ0n) is 11.0. The fraction of sp³-hybridized carbons (Fsp3) is 0.923. The third kappa shape index (κ3) is 3.48. The summed E-state index contributed by atoms with van der Waals surface area (Å²) in [6.45, 7) is 8.32. The van der Waals surface area contributed by atoms with Crippen LogP contribution in [0, 0.1) is 11.8 Å². The van der Waals surface area contributed by atoms with Gasteiger partial charge in [-0.05, 0) is 51.4 Å². The highest BCUT2D eigenvalue weighted by Crippen LogP contribution is 2.30. The predicted octanol–water partition coefficient (Wildman–Crippen LogP) is 2.05. The quantitative estimate of drug-likeness (QED) is 0.771. The Hall–Kier alpha value is -0.570. The normalized spacial score (nSPS) is 27.1. The summed E-state index contributed by atoms with van der Waals surface area (Å²) >= 11 is 0. The largest absolute Gasteiger partial charge is 0.368 e. The third-order valence-corrected chi connectivity index (χ3v) is 3.90. The highest BCUT2D eigenvalue weighted by molar-refractivity contribution is 5.83. The van der Waals surface area contributed by atoms with Crippen LogP contribution in [0.2, 0.25) is 0 Å². The van der Waals surface area contributed by atoms with Gasteiger partial charge in [-0.1, -0.05) is 13.8 Å². The average molecular weight is 226 g/mol. The first-order valence-corrected chi connectivity index (χ1v) is 6.40. The minimum absolute atomic E-state index is 0.265. The van der Waals surface area contributed by atoms with Crippen LogP contribution in [-0.4, -0.2) is 17.5 Å². The van der Waals surface area contributed by atoms with Crippen LogP contribution in [0.5, 0.6) is 0 Å². The molecule has 0 saturated heterocycles. The van der Waals surface area contributed by atoms with Crippen molar-refractivity contribution in [3.8, 4) is 0 Å². The van der Waals surface area contributed by atoms with E-state index in [2.05, 4.69) is 19.2 Å². The molecule has 0 bridgehead atoms. The van der Waals surface area contributed by atoms with E-state index in [1.807, 2.05) is 13.8 Å². The van der Waals surface area contributed by atoms with Crippen LogP contribution in [0.4, 0.5) is 0 Å². The van der Waals surface area contributed by atoms with Crippen molar-refractivity contribution in [3.05, 3.63) is 0 Å². The predicted molar refractivity (Wildman–Crippen MR) is 67.0 cm³/mol.